The van der Waals surface area contributed by atoms with Gasteiger partial charge in [-0.3, -0.25) is 19.2 Å². The van der Waals surface area contributed by atoms with Gasteiger partial charge in [0.05, 0.1) is 35.9 Å². The normalized spacial score (nSPS) is 32.9. The standard InChI is InChI=1S/C26H38O8/c27-23-19-11-9-17(15-21(19)25(29)33-23)31-13-7-5-3-1-2-4-6-8-14-32-18-10-12-20-22(16-18)26(30)34-24(20)28/h17-22H,1-16H2. The minimum absolute atomic E-state index is 0.0754. The molecule has 190 valence electrons. The quantitative estimate of drug-likeness (QED) is 0.223. The lowest BCUT2D eigenvalue weighted by Gasteiger charge is -2.27. The first-order valence-corrected chi connectivity index (χ1v) is 13.3. The maximum absolute atomic E-state index is 11.7. The van der Waals surface area contributed by atoms with Gasteiger partial charge in [-0.15, -0.1) is 0 Å². The largest absolute Gasteiger partial charge is 0.393 e. The van der Waals surface area contributed by atoms with E-state index in [-0.39, 0.29) is 59.8 Å². The molecule has 8 nitrogen and oxygen atoms in total. The molecule has 0 aromatic rings. The molecule has 0 aromatic carbocycles. The van der Waals surface area contributed by atoms with E-state index in [0.29, 0.717) is 25.7 Å². The molecular formula is C26H38O8. The Morgan fingerprint density at radius 3 is 1.26 bits per heavy atom. The zero-order valence-corrected chi connectivity index (χ0v) is 20.0. The molecule has 0 aromatic heterocycles. The summed E-state index contributed by atoms with van der Waals surface area (Å²) in [4.78, 5) is 46.6. The highest BCUT2D eigenvalue weighted by Crippen LogP contribution is 2.38. The number of esters is 4. The maximum atomic E-state index is 11.7. The van der Waals surface area contributed by atoms with Crippen molar-refractivity contribution < 1.29 is 38.1 Å². The summed E-state index contributed by atoms with van der Waals surface area (Å²) in [5.41, 5.74) is 0. The number of carbonyl (C=O) groups excluding carboxylic acids is 4. The van der Waals surface area contributed by atoms with Crippen LogP contribution in [-0.4, -0.2) is 49.3 Å². The van der Waals surface area contributed by atoms with Crippen LogP contribution in [0.2, 0.25) is 0 Å². The molecule has 4 aliphatic rings. The van der Waals surface area contributed by atoms with E-state index >= 15 is 0 Å². The molecule has 6 unspecified atom stereocenters. The van der Waals surface area contributed by atoms with Crippen LogP contribution >= 0.6 is 0 Å². The Morgan fingerprint density at radius 2 is 0.853 bits per heavy atom. The average Bonchev–Trinajstić information content (AvgIpc) is 3.28. The zero-order chi connectivity index (χ0) is 23.9. The molecule has 2 heterocycles. The van der Waals surface area contributed by atoms with Crippen LogP contribution < -0.4 is 0 Å². The van der Waals surface area contributed by atoms with E-state index in [0.717, 1.165) is 51.7 Å². The SMILES string of the molecule is O=C1OC(=O)C2CC(OCCCCCCCCCCOC3CCC4C(=O)OC(=O)C4C3)CCC12. The van der Waals surface area contributed by atoms with Crippen LogP contribution in [0.25, 0.3) is 0 Å². The Labute approximate surface area is 201 Å². The predicted octanol–water partition coefficient (Wildman–Crippen LogP) is 3.88. The molecule has 0 radical (unpaired) electrons. The van der Waals surface area contributed by atoms with Crippen LogP contribution in [0.15, 0.2) is 0 Å². The first kappa shape index (κ1) is 25.3. The third-order valence-electron chi connectivity index (χ3n) is 7.96. The summed E-state index contributed by atoms with van der Waals surface area (Å²) in [6.45, 7) is 1.44. The van der Waals surface area contributed by atoms with Gasteiger partial charge in [0.1, 0.15) is 0 Å². The van der Waals surface area contributed by atoms with Crippen LogP contribution in [0.4, 0.5) is 0 Å². The van der Waals surface area contributed by atoms with Crippen LogP contribution in [0.5, 0.6) is 0 Å². The minimum Gasteiger partial charge on any atom is -0.393 e. The summed E-state index contributed by atoms with van der Waals surface area (Å²) in [6, 6.07) is 0. The van der Waals surface area contributed by atoms with Gasteiger partial charge in [-0.25, -0.2) is 0 Å². The fourth-order valence-electron chi connectivity index (χ4n) is 5.92. The first-order chi connectivity index (χ1) is 16.5. The van der Waals surface area contributed by atoms with E-state index in [1.54, 1.807) is 0 Å². The number of ether oxygens (including phenoxy) is 4. The van der Waals surface area contributed by atoms with Gasteiger partial charge in [0.15, 0.2) is 0 Å². The Balaban J connectivity index is 0.931. The van der Waals surface area contributed by atoms with Gasteiger partial charge in [0.25, 0.3) is 0 Å². The van der Waals surface area contributed by atoms with Crippen molar-refractivity contribution in [2.24, 2.45) is 23.7 Å². The zero-order valence-electron chi connectivity index (χ0n) is 20.0. The molecular weight excluding hydrogens is 440 g/mol. The summed E-state index contributed by atoms with van der Waals surface area (Å²) < 4.78 is 21.4. The van der Waals surface area contributed by atoms with Gasteiger partial charge < -0.3 is 18.9 Å². The van der Waals surface area contributed by atoms with Crippen molar-refractivity contribution in [2.75, 3.05) is 13.2 Å². The average molecular weight is 479 g/mol. The summed E-state index contributed by atoms with van der Waals surface area (Å²) >= 11 is 0. The molecule has 8 heteroatoms. The topological polar surface area (TPSA) is 105 Å². The number of cyclic esters (lactones) is 4. The van der Waals surface area contributed by atoms with Crippen molar-refractivity contribution in [3.05, 3.63) is 0 Å². The Kier molecular flexibility index (Phi) is 9.11. The molecule has 0 bridgehead atoms. The molecule has 6 atom stereocenters. The number of hydrogen-bond donors (Lipinski definition) is 0. The highest BCUT2D eigenvalue weighted by atomic mass is 16.6. The van der Waals surface area contributed by atoms with Gasteiger partial charge in [0, 0.05) is 13.2 Å². The number of hydrogen-bond acceptors (Lipinski definition) is 8. The second kappa shape index (κ2) is 12.2. The summed E-state index contributed by atoms with van der Waals surface area (Å²) in [6.07, 6.45) is 13.7. The van der Waals surface area contributed by atoms with Gasteiger partial charge in [0.2, 0.25) is 0 Å². The number of unbranched alkanes of at least 4 members (excludes halogenated alkanes) is 7. The van der Waals surface area contributed by atoms with Crippen molar-refractivity contribution in [3.63, 3.8) is 0 Å². The van der Waals surface area contributed by atoms with E-state index in [2.05, 4.69) is 0 Å². The highest BCUT2D eigenvalue weighted by Gasteiger charge is 2.48. The Morgan fingerprint density at radius 1 is 0.500 bits per heavy atom. The molecule has 2 saturated heterocycles. The summed E-state index contributed by atoms with van der Waals surface area (Å²) in [5.74, 6) is -2.48. The van der Waals surface area contributed by atoms with Crippen molar-refractivity contribution in [1.29, 1.82) is 0 Å². The van der Waals surface area contributed by atoms with E-state index < -0.39 is 0 Å². The summed E-state index contributed by atoms with van der Waals surface area (Å²) in [7, 11) is 0. The Hall–Kier alpha value is -1.80. The third kappa shape index (κ3) is 6.45. The van der Waals surface area contributed by atoms with Crippen molar-refractivity contribution in [1.82, 2.24) is 0 Å². The first-order valence-electron chi connectivity index (χ1n) is 13.3. The second-order valence-corrected chi connectivity index (χ2v) is 10.3. The minimum atomic E-state index is -0.365. The second-order valence-electron chi connectivity index (χ2n) is 10.3. The van der Waals surface area contributed by atoms with Crippen LogP contribution in [-0.2, 0) is 38.1 Å². The maximum Gasteiger partial charge on any atom is 0.317 e. The summed E-state index contributed by atoms with van der Waals surface area (Å²) in [5, 5.41) is 0. The lowest BCUT2D eigenvalue weighted by atomic mass is 9.79. The molecule has 4 rings (SSSR count). The molecule has 4 fully saturated rings. The molecule has 34 heavy (non-hydrogen) atoms. The van der Waals surface area contributed by atoms with E-state index in [9.17, 15) is 19.2 Å². The van der Waals surface area contributed by atoms with Crippen LogP contribution in [0, 0.1) is 23.7 Å². The number of rotatable bonds is 13. The van der Waals surface area contributed by atoms with Crippen molar-refractivity contribution in [3.8, 4) is 0 Å². The fourth-order valence-corrected chi connectivity index (χ4v) is 5.92. The lowest BCUT2D eigenvalue weighted by molar-refractivity contribution is -0.155. The van der Waals surface area contributed by atoms with E-state index in [1.165, 1.54) is 25.7 Å². The Bertz CT molecular complexity index is 687. The van der Waals surface area contributed by atoms with Gasteiger partial charge in [-0.1, -0.05) is 38.5 Å². The van der Waals surface area contributed by atoms with E-state index in [1.807, 2.05) is 0 Å². The number of carbonyl (C=O) groups is 4. The van der Waals surface area contributed by atoms with Crippen LogP contribution in [0.3, 0.4) is 0 Å². The van der Waals surface area contributed by atoms with Crippen molar-refractivity contribution >= 4 is 23.9 Å². The van der Waals surface area contributed by atoms with Gasteiger partial charge in [-0.05, 0) is 51.4 Å². The number of fused-ring (bicyclic) bond motifs is 2. The molecule has 0 spiro atoms. The molecule has 0 amide bonds. The van der Waals surface area contributed by atoms with Gasteiger partial charge in [-0.2, -0.15) is 0 Å². The van der Waals surface area contributed by atoms with Crippen LogP contribution in [0.1, 0.15) is 89.9 Å². The molecule has 2 aliphatic heterocycles. The predicted molar refractivity (Wildman–Crippen MR) is 120 cm³/mol. The lowest BCUT2D eigenvalue weighted by Crippen LogP contribution is -2.31. The third-order valence-corrected chi connectivity index (χ3v) is 7.96. The highest BCUT2D eigenvalue weighted by molar-refractivity contribution is 5.97. The smallest absolute Gasteiger partial charge is 0.317 e. The monoisotopic (exact) mass is 478 g/mol. The molecule has 0 N–H and O–H groups in total. The molecule has 2 aliphatic carbocycles. The van der Waals surface area contributed by atoms with E-state index in [4.69, 9.17) is 18.9 Å². The van der Waals surface area contributed by atoms with Crippen molar-refractivity contribution in [2.45, 2.75) is 102 Å². The van der Waals surface area contributed by atoms with Gasteiger partial charge >= 0.3 is 23.9 Å². The fraction of sp³-hybridized carbons (Fsp3) is 0.846. The molecule has 2 saturated carbocycles.